The molecule has 0 bridgehead atoms. The summed E-state index contributed by atoms with van der Waals surface area (Å²) in [5, 5.41) is 0. The second-order valence-corrected chi connectivity index (χ2v) is 5.67. The molecule has 0 spiro atoms. The van der Waals surface area contributed by atoms with E-state index in [1.807, 2.05) is 0 Å². The normalized spacial score (nSPS) is 29.9. The summed E-state index contributed by atoms with van der Waals surface area (Å²) in [7, 11) is 0. The van der Waals surface area contributed by atoms with Crippen molar-refractivity contribution in [3.05, 3.63) is 9.47 Å². The average Bonchev–Trinajstić information content (AvgIpc) is 2.61. The third-order valence-electron chi connectivity index (χ3n) is 2.17. The predicted molar refractivity (Wildman–Crippen MR) is 52.4 cm³/mol. The van der Waals surface area contributed by atoms with Gasteiger partial charge in [-0.25, -0.2) is 0 Å². The van der Waals surface area contributed by atoms with Gasteiger partial charge in [0.15, 0.2) is 0 Å². The summed E-state index contributed by atoms with van der Waals surface area (Å²) < 4.78 is 1.10. The van der Waals surface area contributed by atoms with Crippen LogP contribution in [0.3, 0.4) is 0 Å². The summed E-state index contributed by atoms with van der Waals surface area (Å²) in [6.07, 6.45) is 6.25. The molecule has 1 fully saturated rings. The van der Waals surface area contributed by atoms with Gasteiger partial charge >= 0.3 is 0 Å². The zero-order valence-electron chi connectivity index (χ0n) is 6.11. The molecular weight excluding hydrogens is 256 g/mol. The Morgan fingerprint density at radius 1 is 1.50 bits per heavy atom. The summed E-state index contributed by atoms with van der Waals surface area (Å²) in [5.74, 6) is 2.01. The van der Waals surface area contributed by atoms with Crippen molar-refractivity contribution in [2.24, 2.45) is 11.8 Å². The maximum atomic E-state index is 3.35. The molecule has 1 rings (SSSR count). The van der Waals surface area contributed by atoms with Crippen LogP contribution in [0.5, 0.6) is 0 Å². The van der Waals surface area contributed by atoms with Crippen molar-refractivity contribution in [3.63, 3.8) is 0 Å². The Morgan fingerprint density at radius 3 is 2.60 bits per heavy atom. The first-order valence-corrected chi connectivity index (χ1v) is 5.33. The largest absolute Gasteiger partial charge is 0.0651 e. The van der Waals surface area contributed by atoms with E-state index < -0.39 is 0 Å². The molecule has 0 aromatic rings. The van der Waals surface area contributed by atoms with E-state index in [2.05, 4.69) is 44.9 Å². The van der Waals surface area contributed by atoms with Gasteiger partial charge in [0.2, 0.25) is 0 Å². The van der Waals surface area contributed by atoms with E-state index in [4.69, 9.17) is 0 Å². The van der Waals surface area contributed by atoms with Crippen molar-refractivity contribution in [1.82, 2.24) is 0 Å². The topological polar surface area (TPSA) is 0 Å². The van der Waals surface area contributed by atoms with Crippen LogP contribution in [-0.4, -0.2) is 0 Å². The van der Waals surface area contributed by atoms with Gasteiger partial charge in [-0.3, -0.25) is 0 Å². The van der Waals surface area contributed by atoms with Crippen molar-refractivity contribution in [2.45, 2.75) is 26.2 Å². The molecule has 1 aliphatic carbocycles. The summed E-state index contributed by atoms with van der Waals surface area (Å²) in [6.45, 7) is 2.28. The number of allylic oxidation sites excluding steroid dienone is 1. The fourth-order valence-electron chi connectivity index (χ4n) is 1.34. The SMILES string of the molecule is CCC1CC1CC=C(Br)Br. The second kappa shape index (κ2) is 3.91. The lowest BCUT2D eigenvalue weighted by Crippen LogP contribution is -1.77. The van der Waals surface area contributed by atoms with Gasteiger partial charge in [0.1, 0.15) is 0 Å². The molecule has 2 atom stereocenters. The minimum Gasteiger partial charge on any atom is -0.0651 e. The van der Waals surface area contributed by atoms with Gasteiger partial charge in [0, 0.05) is 0 Å². The summed E-state index contributed by atoms with van der Waals surface area (Å²) in [6, 6.07) is 0. The van der Waals surface area contributed by atoms with E-state index >= 15 is 0 Å². The summed E-state index contributed by atoms with van der Waals surface area (Å²) in [4.78, 5) is 0. The van der Waals surface area contributed by atoms with Crippen LogP contribution in [0.15, 0.2) is 9.47 Å². The molecule has 0 amide bonds. The molecule has 58 valence electrons. The minimum atomic E-state index is 0.982. The highest BCUT2D eigenvalue weighted by Gasteiger charge is 2.33. The molecule has 1 saturated carbocycles. The molecule has 0 aliphatic heterocycles. The van der Waals surface area contributed by atoms with Crippen molar-refractivity contribution in [3.8, 4) is 0 Å². The average molecular weight is 268 g/mol. The van der Waals surface area contributed by atoms with E-state index in [9.17, 15) is 0 Å². The van der Waals surface area contributed by atoms with Crippen LogP contribution in [-0.2, 0) is 0 Å². The highest BCUT2D eigenvalue weighted by Crippen LogP contribution is 2.44. The number of hydrogen-bond acceptors (Lipinski definition) is 0. The van der Waals surface area contributed by atoms with Crippen molar-refractivity contribution in [2.75, 3.05) is 0 Å². The Bertz CT molecular complexity index is 136. The Balaban J connectivity index is 2.12. The lowest BCUT2D eigenvalue weighted by Gasteiger charge is -1.89. The van der Waals surface area contributed by atoms with Crippen LogP contribution < -0.4 is 0 Å². The van der Waals surface area contributed by atoms with Crippen LogP contribution in [0.1, 0.15) is 26.2 Å². The molecule has 10 heavy (non-hydrogen) atoms. The zero-order valence-corrected chi connectivity index (χ0v) is 9.28. The molecule has 2 unspecified atom stereocenters. The maximum absolute atomic E-state index is 3.35. The van der Waals surface area contributed by atoms with Gasteiger partial charge in [-0.15, -0.1) is 0 Å². The van der Waals surface area contributed by atoms with E-state index in [1.165, 1.54) is 19.3 Å². The molecule has 2 heteroatoms. The molecule has 0 aromatic carbocycles. The van der Waals surface area contributed by atoms with E-state index in [-0.39, 0.29) is 0 Å². The molecule has 0 aromatic heterocycles. The van der Waals surface area contributed by atoms with Gasteiger partial charge in [0.25, 0.3) is 0 Å². The first-order chi connectivity index (χ1) is 4.74. The highest BCUT2D eigenvalue weighted by atomic mass is 79.9. The van der Waals surface area contributed by atoms with E-state index in [1.54, 1.807) is 0 Å². The van der Waals surface area contributed by atoms with Crippen molar-refractivity contribution < 1.29 is 0 Å². The van der Waals surface area contributed by atoms with Crippen LogP contribution >= 0.6 is 31.9 Å². The van der Waals surface area contributed by atoms with Crippen LogP contribution in [0, 0.1) is 11.8 Å². The van der Waals surface area contributed by atoms with Gasteiger partial charge in [0.05, 0.1) is 3.39 Å². The van der Waals surface area contributed by atoms with Gasteiger partial charge in [-0.2, -0.15) is 0 Å². The number of hydrogen-bond donors (Lipinski definition) is 0. The van der Waals surface area contributed by atoms with Crippen LogP contribution in [0.25, 0.3) is 0 Å². The number of halogens is 2. The lowest BCUT2D eigenvalue weighted by atomic mass is 10.2. The van der Waals surface area contributed by atoms with E-state index in [0.717, 1.165) is 15.2 Å². The van der Waals surface area contributed by atoms with Crippen molar-refractivity contribution >= 4 is 31.9 Å². The molecule has 0 heterocycles. The first kappa shape index (κ1) is 8.79. The highest BCUT2D eigenvalue weighted by molar-refractivity contribution is 9.28. The standard InChI is InChI=1S/C8H12Br2/c1-2-6-5-7(6)3-4-8(9)10/h4,6-7H,2-3,5H2,1H3. The molecule has 0 nitrogen and oxygen atoms in total. The van der Waals surface area contributed by atoms with Crippen molar-refractivity contribution in [1.29, 1.82) is 0 Å². The second-order valence-electron chi connectivity index (χ2n) is 2.89. The fourth-order valence-corrected chi connectivity index (χ4v) is 1.71. The predicted octanol–water partition coefficient (Wildman–Crippen LogP) is 4.05. The maximum Gasteiger partial charge on any atom is 0.0564 e. The third kappa shape index (κ3) is 2.75. The number of rotatable bonds is 3. The molecule has 0 N–H and O–H groups in total. The monoisotopic (exact) mass is 266 g/mol. The summed E-state index contributed by atoms with van der Waals surface area (Å²) in [5.41, 5.74) is 0. The smallest absolute Gasteiger partial charge is 0.0564 e. The fraction of sp³-hybridized carbons (Fsp3) is 0.750. The molecule has 0 radical (unpaired) electrons. The Hall–Kier alpha value is 0.700. The minimum absolute atomic E-state index is 0.982. The first-order valence-electron chi connectivity index (χ1n) is 3.75. The molecular formula is C8H12Br2. The Morgan fingerprint density at radius 2 is 2.20 bits per heavy atom. The third-order valence-corrected chi connectivity index (χ3v) is 2.82. The van der Waals surface area contributed by atoms with Gasteiger partial charge < -0.3 is 0 Å². The van der Waals surface area contributed by atoms with Gasteiger partial charge in [-0.05, 0) is 56.5 Å². The zero-order chi connectivity index (χ0) is 7.56. The molecule has 1 aliphatic rings. The molecule has 0 saturated heterocycles. The quantitative estimate of drug-likeness (QED) is 0.724. The van der Waals surface area contributed by atoms with Gasteiger partial charge in [-0.1, -0.05) is 19.4 Å². The summed E-state index contributed by atoms with van der Waals surface area (Å²) >= 11 is 6.70. The Labute approximate surface area is 79.3 Å². The Kier molecular flexibility index (Phi) is 3.44. The lowest BCUT2D eigenvalue weighted by molar-refractivity contribution is 0.688. The van der Waals surface area contributed by atoms with Crippen LogP contribution in [0.2, 0.25) is 0 Å². The van der Waals surface area contributed by atoms with E-state index in [0.29, 0.717) is 0 Å². The van der Waals surface area contributed by atoms with Crippen LogP contribution in [0.4, 0.5) is 0 Å².